The molecule has 5 heteroatoms. The van der Waals surface area contributed by atoms with Gasteiger partial charge in [-0.05, 0) is 32.5 Å². The normalized spacial score (nSPS) is 12.2. The second-order valence-electron chi connectivity index (χ2n) is 4.93. The minimum Gasteiger partial charge on any atom is -0.481 e. The molecule has 1 amide bonds. The van der Waals surface area contributed by atoms with Crippen LogP contribution in [0.25, 0.3) is 0 Å². The van der Waals surface area contributed by atoms with E-state index in [9.17, 15) is 9.59 Å². The molecular formula is C15H22N2O3. The molecule has 1 unspecified atom stereocenters. The number of rotatable bonds is 8. The van der Waals surface area contributed by atoms with Crippen LogP contribution < -0.4 is 5.32 Å². The van der Waals surface area contributed by atoms with E-state index in [0.717, 1.165) is 19.5 Å². The fourth-order valence-corrected chi connectivity index (χ4v) is 1.80. The highest BCUT2D eigenvalue weighted by atomic mass is 16.4. The molecule has 1 aromatic rings. The lowest BCUT2D eigenvalue weighted by Crippen LogP contribution is -2.35. The van der Waals surface area contributed by atoms with Gasteiger partial charge in [0.15, 0.2) is 0 Å². The Morgan fingerprint density at radius 2 is 1.95 bits per heavy atom. The zero-order valence-electron chi connectivity index (χ0n) is 12.0. The first-order valence-corrected chi connectivity index (χ1v) is 6.73. The SMILES string of the molecule is CC(C(=O)O)C(=O)NCCCN(C)Cc1ccccc1. The number of carbonyl (C=O) groups excluding carboxylic acids is 1. The van der Waals surface area contributed by atoms with E-state index in [1.807, 2.05) is 25.2 Å². The van der Waals surface area contributed by atoms with Crippen LogP contribution in [0.5, 0.6) is 0 Å². The summed E-state index contributed by atoms with van der Waals surface area (Å²) in [6, 6.07) is 10.2. The quantitative estimate of drug-likeness (QED) is 0.556. The second kappa shape index (κ2) is 8.32. The monoisotopic (exact) mass is 278 g/mol. The molecule has 0 saturated heterocycles. The molecule has 1 rings (SSSR count). The van der Waals surface area contributed by atoms with Crippen molar-refractivity contribution in [3.05, 3.63) is 35.9 Å². The molecule has 1 aromatic carbocycles. The molecule has 0 radical (unpaired) electrons. The highest BCUT2D eigenvalue weighted by Gasteiger charge is 2.19. The third kappa shape index (κ3) is 5.84. The molecule has 0 aliphatic rings. The van der Waals surface area contributed by atoms with E-state index in [2.05, 4.69) is 22.3 Å². The number of amides is 1. The van der Waals surface area contributed by atoms with Crippen molar-refractivity contribution in [2.45, 2.75) is 19.9 Å². The molecule has 20 heavy (non-hydrogen) atoms. The summed E-state index contributed by atoms with van der Waals surface area (Å²) in [5, 5.41) is 11.3. The second-order valence-corrected chi connectivity index (χ2v) is 4.93. The van der Waals surface area contributed by atoms with Gasteiger partial charge in [-0.25, -0.2) is 0 Å². The van der Waals surface area contributed by atoms with E-state index in [0.29, 0.717) is 6.54 Å². The van der Waals surface area contributed by atoms with Gasteiger partial charge < -0.3 is 15.3 Å². The van der Waals surface area contributed by atoms with Crippen molar-refractivity contribution < 1.29 is 14.7 Å². The number of carbonyl (C=O) groups is 2. The van der Waals surface area contributed by atoms with Crippen molar-refractivity contribution in [2.75, 3.05) is 20.1 Å². The average Bonchev–Trinajstić information content (AvgIpc) is 2.43. The zero-order valence-corrected chi connectivity index (χ0v) is 12.0. The minimum absolute atomic E-state index is 0.428. The van der Waals surface area contributed by atoms with E-state index >= 15 is 0 Å². The maximum absolute atomic E-state index is 11.4. The summed E-state index contributed by atoms with van der Waals surface area (Å²) in [6.07, 6.45) is 0.793. The highest BCUT2D eigenvalue weighted by Crippen LogP contribution is 2.02. The van der Waals surface area contributed by atoms with Crippen molar-refractivity contribution in [1.29, 1.82) is 0 Å². The molecule has 2 N–H and O–H groups in total. The van der Waals surface area contributed by atoms with Gasteiger partial charge >= 0.3 is 5.97 Å². The number of nitrogens with one attached hydrogen (secondary N) is 1. The molecule has 110 valence electrons. The number of aliphatic carboxylic acids is 1. The van der Waals surface area contributed by atoms with Crippen LogP contribution >= 0.6 is 0 Å². The Morgan fingerprint density at radius 1 is 1.30 bits per heavy atom. The summed E-state index contributed by atoms with van der Waals surface area (Å²) in [7, 11) is 2.02. The van der Waals surface area contributed by atoms with Crippen LogP contribution in [0, 0.1) is 5.92 Å². The van der Waals surface area contributed by atoms with Crippen LogP contribution in [0.2, 0.25) is 0 Å². The van der Waals surface area contributed by atoms with Gasteiger partial charge in [-0.2, -0.15) is 0 Å². The van der Waals surface area contributed by atoms with Crippen LogP contribution in [0.3, 0.4) is 0 Å². The molecule has 0 saturated carbocycles. The van der Waals surface area contributed by atoms with Crippen LogP contribution in [0.15, 0.2) is 30.3 Å². The third-order valence-electron chi connectivity index (χ3n) is 3.07. The highest BCUT2D eigenvalue weighted by molar-refractivity contribution is 5.96. The standard InChI is InChI=1S/C15H22N2O3/c1-12(15(19)20)14(18)16-9-6-10-17(2)11-13-7-4-3-5-8-13/h3-5,7-8,12H,6,9-11H2,1-2H3,(H,16,18)(H,19,20). The average molecular weight is 278 g/mol. The Labute approximate surface area is 119 Å². The number of benzene rings is 1. The predicted molar refractivity (Wildman–Crippen MR) is 77.2 cm³/mol. The Balaban J connectivity index is 2.18. The smallest absolute Gasteiger partial charge is 0.315 e. The number of hydrogen-bond donors (Lipinski definition) is 2. The lowest BCUT2D eigenvalue weighted by Gasteiger charge is -2.17. The predicted octanol–water partition coefficient (Wildman–Crippen LogP) is 1.35. The van der Waals surface area contributed by atoms with E-state index < -0.39 is 17.8 Å². The summed E-state index contributed by atoms with van der Waals surface area (Å²) in [4.78, 5) is 24.2. The van der Waals surface area contributed by atoms with Crippen molar-refractivity contribution in [3.63, 3.8) is 0 Å². The summed E-state index contributed by atoms with van der Waals surface area (Å²) < 4.78 is 0. The minimum atomic E-state index is -1.09. The van der Waals surface area contributed by atoms with E-state index in [-0.39, 0.29) is 0 Å². The molecule has 0 heterocycles. The number of carboxylic acid groups (broad SMARTS) is 1. The Morgan fingerprint density at radius 3 is 2.55 bits per heavy atom. The summed E-state index contributed by atoms with van der Waals surface area (Å²) in [6.45, 7) is 3.59. The maximum atomic E-state index is 11.4. The van der Waals surface area contributed by atoms with Crippen LogP contribution in [0.1, 0.15) is 18.9 Å². The lowest BCUT2D eigenvalue weighted by molar-refractivity contribution is -0.146. The lowest BCUT2D eigenvalue weighted by atomic mass is 10.1. The molecule has 5 nitrogen and oxygen atoms in total. The van der Waals surface area contributed by atoms with E-state index in [4.69, 9.17) is 5.11 Å². The topological polar surface area (TPSA) is 69.6 Å². The summed E-state index contributed by atoms with van der Waals surface area (Å²) >= 11 is 0. The van der Waals surface area contributed by atoms with Crippen LogP contribution in [-0.2, 0) is 16.1 Å². The first-order chi connectivity index (χ1) is 9.50. The van der Waals surface area contributed by atoms with Gasteiger partial charge in [0.25, 0.3) is 0 Å². The van der Waals surface area contributed by atoms with Crippen molar-refractivity contribution >= 4 is 11.9 Å². The summed E-state index contributed by atoms with van der Waals surface area (Å²) in [5.74, 6) is -2.51. The Bertz CT molecular complexity index is 434. The fourth-order valence-electron chi connectivity index (χ4n) is 1.80. The maximum Gasteiger partial charge on any atom is 0.315 e. The third-order valence-corrected chi connectivity index (χ3v) is 3.07. The number of nitrogens with zero attached hydrogens (tertiary/aromatic N) is 1. The molecule has 1 atom stereocenters. The fraction of sp³-hybridized carbons (Fsp3) is 0.467. The Kier molecular flexibility index (Phi) is 6.73. The van der Waals surface area contributed by atoms with Gasteiger partial charge in [-0.3, -0.25) is 9.59 Å². The number of hydrogen-bond acceptors (Lipinski definition) is 3. The number of carboxylic acids is 1. The van der Waals surface area contributed by atoms with Crippen LogP contribution in [-0.4, -0.2) is 42.0 Å². The van der Waals surface area contributed by atoms with Crippen molar-refractivity contribution in [3.8, 4) is 0 Å². The van der Waals surface area contributed by atoms with Gasteiger partial charge in [0, 0.05) is 13.1 Å². The van der Waals surface area contributed by atoms with Gasteiger partial charge in [0.05, 0.1) is 0 Å². The first-order valence-electron chi connectivity index (χ1n) is 6.73. The van der Waals surface area contributed by atoms with Gasteiger partial charge in [0.2, 0.25) is 5.91 Å². The van der Waals surface area contributed by atoms with E-state index in [1.54, 1.807) is 0 Å². The molecule has 0 aromatic heterocycles. The molecule has 0 aliphatic heterocycles. The van der Waals surface area contributed by atoms with Gasteiger partial charge in [0.1, 0.15) is 5.92 Å². The molecule has 0 spiro atoms. The van der Waals surface area contributed by atoms with E-state index in [1.165, 1.54) is 12.5 Å². The van der Waals surface area contributed by atoms with Gasteiger partial charge in [-0.1, -0.05) is 30.3 Å². The molecule has 0 aliphatic carbocycles. The van der Waals surface area contributed by atoms with Gasteiger partial charge in [-0.15, -0.1) is 0 Å². The first kappa shape index (κ1) is 16.2. The molecule has 0 bridgehead atoms. The Hall–Kier alpha value is -1.88. The van der Waals surface area contributed by atoms with Crippen LogP contribution in [0.4, 0.5) is 0 Å². The van der Waals surface area contributed by atoms with Crippen molar-refractivity contribution in [2.24, 2.45) is 5.92 Å². The zero-order chi connectivity index (χ0) is 15.0. The molecular weight excluding hydrogens is 256 g/mol. The summed E-state index contributed by atoms with van der Waals surface area (Å²) in [5.41, 5.74) is 1.25. The largest absolute Gasteiger partial charge is 0.481 e. The van der Waals surface area contributed by atoms with Crippen molar-refractivity contribution in [1.82, 2.24) is 10.2 Å². The molecule has 0 fully saturated rings.